The maximum Gasteiger partial charge on any atom is 0.323 e. The molecule has 16 heavy (non-hydrogen) atoms. The van der Waals surface area contributed by atoms with Crippen molar-refractivity contribution in [1.82, 2.24) is 0 Å². The fraction of sp³-hybridized carbons (Fsp3) is 0.364. The van der Waals surface area contributed by atoms with E-state index < -0.39 is 23.6 Å². The van der Waals surface area contributed by atoms with E-state index in [2.05, 4.69) is 0 Å². The minimum absolute atomic E-state index is 0.177. The maximum atomic E-state index is 13.0. The Balaban J connectivity index is 2.66. The smallest absolute Gasteiger partial charge is 0.323 e. The van der Waals surface area contributed by atoms with Gasteiger partial charge in [0.1, 0.15) is 6.04 Å². The predicted octanol–water partition coefficient (Wildman–Crippen LogP) is 0.964. The number of esters is 1. The van der Waals surface area contributed by atoms with Gasteiger partial charge in [-0.15, -0.1) is 0 Å². The van der Waals surface area contributed by atoms with Crippen molar-refractivity contribution in [1.29, 1.82) is 0 Å². The van der Waals surface area contributed by atoms with Crippen LogP contribution in [0.4, 0.5) is 4.39 Å². The molecule has 1 rings (SSSR count). The standard InChI is InChI=1S/C11H14FNO3/c1-2-16-11(15)9(13)6-7-3-4-10(14)8(12)5-7/h3-5,9,14H,2,6,13H2,1H3. The van der Waals surface area contributed by atoms with Gasteiger partial charge in [0, 0.05) is 0 Å². The molecule has 88 valence electrons. The Morgan fingerprint density at radius 2 is 2.31 bits per heavy atom. The van der Waals surface area contributed by atoms with Gasteiger partial charge in [0.25, 0.3) is 0 Å². The van der Waals surface area contributed by atoms with Gasteiger partial charge >= 0.3 is 5.97 Å². The lowest BCUT2D eigenvalue weighted by Crippen LogP contribution is -2.34. The second kappa shape index (κ2) is 5.46. The monoisotopic (exact) mass is 227 g/mol. The van der Waals surface area contributed by atoms with E-state index in [1.54, 1.807) is 6.92 Å². The molecule has 4 nitrogen and oxygen atoms in total. The lowest BCUT2D eigenvalue weighted by Gasteiger charge is -2.10. The van der Waals surface area contributed by atoms with E-state index in [1.807, 2.05) is 0 Å². The van der Waals surface area contributed by atoms with Crippen LogP contribution in [0.15, 0.2) is 18.2 Å². The second-order valence-electron chi connectivity index (χ2n) is 3.35. The van der Waals surface area contributed by atoms with E-state index in [9.17, 15) is 9.18 Å². The Morgan fingerprint density at radius 1 is 1.62 bits per heavy atom. The Morgan fingerprint density at radius 3 is 2.88 bits per heavy atom. The Bertz CT molecular complexity index is 381. The molecular formula is C11H14FNO3. The van der Waals surface area contributed by atoms with E-state index in [4.69, 9.17) is 15.6 Å². The van der Waals surface area contributed by atoms with Crippen LogP contribution in [-0.4, -0.2) is 23.7 Å². The van der Waals surface area contributed by atoms with Crippen molar-refractivity contribution < 1.29 is 19.0 Å². The number of nitrogens with two attached hydrogens (primary N) is 1. The van der Waals surface area contributed by atoms with Crippen molar-refractivity contribution >= 4 is 5.97 Å². The normalized spacial score (nSPS) is 12.2. The lowest BCUT2D eigenvalue weighted by molar-refractivity contribution is -0.144. The van der Waals surface area contributed by atoms with Crippen LogP contribution in [0.5, 0.6) is 5.75 Å². The maximum absolute atomic E-state index is 13.0. The van der Waals surface area contributed by atoms with Gasteiger partial charge in [0.2, 0.25) is 0 Å². The number of hydrogen-bond acceptors (Lipinski definition) is 4. The Hall–Kier alpha value is -1.62. The predicted molar refractivity (Wildman–Crippen MR) is 56.4 cm³/mol. The van der Waals surface area contributed by atoms with Crippen molar-refractivity contribution in [2.75, 3.05) is 6.61 Å². The molecule has 0 saturated heterocycles. The first kappa shape index (κ1) is 12.4. The number of phenolic OH excluding ortho intramolecular Hbond substituents is 1. The molecule has 5 heteroatoms. The molecular weight excluding hydrogens is 213 g/mol. The number of carbonyl (C=O) groups excluding carboxylic acids is 1. The van der Waals surface area contributed by atoms with Gasteiger partial charge in [-0.2, -0.15) is 0 Å². The summed E-state index contributed by atoms with van der Waals surface area (Å²) in [6.45, 7) is 1.95. The highest BCUT2D eigenvalue weighted by Crippen LogP contribution is 2.17. The summed E-state index contributed by atoms with van der Waals surface area (Å²) >= 11 is 0. The molecule has 0 spiro atoms. The molecule has 0 radical (unpaired) electrons. The highest BCUT2D eigenvalue weighted by atomic mass is 19.1. The van der Waals surface area contributed by atoms with Crippen LogP contribution in [0.3, 0.4) is 0 Å². The molecule has 0 saturated carbocycles. The third kappa shape index (κ3) is 3.20. The van der Waals surface area contributed by atoms with Gasteiger partial charge in [-0.1, -0.05) is 6.07 Å². The number of benzene rings is 1. The highest BCUT2D eigenvalue weighted by molar-refractivity contribution is 5.75. The van der Waals surface area contributed by atoms with Crippen LogP contribution in [-0.2, 0) is 16.0 Å². The average molecular weight is 227 g/mol. The van der Waals surface area contributed by atoms with Gasteiger partial charge in [-0.3, -0.25) is 4.79 Å². The summed E-state index contributed by atoms with van der Waals surface area (Å²) < 4.78 is 17.7. The number of rotatable bonds is 4. The van der Waals surface area contributed by atoms with Gasteiger partial charge in [-0.25, -0.2) is 4.39 Å². The minimum Gasteiger partial charge on any atom is -0.505 e. The molecule has 0 amide bonds. The summed E-state index contributed by atoms with van der Waals surface area (Å²) in [4.78, 5) is 11.2. The van der Waals surface area contributed by atoms with Crippen LogP contribution >= 0.6 is 0 Å². The van der Waals surface area contributed by atoms with Crippen molar-refractivity contribution in [3.63, 3.8) is 0 Å². The molecule has 3 N–H and O–H groups in total. The van der Waals surface area contributed by atoms with Crippen LogP contribution in [0.1, 0.15) is 12.5 Å². The topological polar surface area (TPSA) is 72.5 Å². The average Bonchev–Trinajstić information content (AvgIpc) is 2.24. The number of carbonyl (C=O) groups is 1. The molecule has 1 unspecified atom stereocenters. The van der Waals surface area contributed by atoms with Crippen LogP contribution < -0.4 is 5.73 Å². The molecule has 0 aromatic heterocycles. The van der Waals surface area contributed by atoms with E-state index in [0.717, 1.165) is 6.07 Å². The van der Waals surface area contributed by atoms with Crippen LogP contribution in [0, 0.1) is 5.82 Å². The minimum atomic E-state index is -0.816. The summed E-state index contributed by atoms with van der Waals surface area (Å²) in [5.41, 5.74) is 6.10. The number of hydrogen-bond donors (Lipinski definition) is 2. The van der Waals surface area contributed by atoms with Gasteiger partial charge < -0.3 is 15.6 Å². The first-order chi connectivity index (χ1) is 7.54. The lowest BCUT2D eigenvalue weighted by atomic mass is 10.1. The number of phenols is 1. The summed E-state index contributed by atoms with van der Waals surface area (Å²) in [6, 6.07) is 3.07. The van der Waals surface area contributed by atoms with E-state index in [0.29, 0.717) is 5.56 Å². The third-order valence-corrected chi connectivity index (χ3v) is 2.06. The van der Waals surface area contributed by atoms with E-state index in [1.165, 1.54) is 12.1 Å². The van der Waals surface area contributed by atoms with Crippen molar-refractivity contribution in [2.24, 2.45) is 5.73 Å². The molecule has 0 aliphatic heterocycles. The molecule has 0 bridgehead atoms. The fourth-order valence-corrected chi connectivity index (χ4v) is 1.26. The summed E-state index contributed by atoms with van der Waals surface area (Å²) in [5, 5.41) is 8.97. The largest absolute Gasteiger partial charge is 0.505 e. The van der Waals surface area contributed by atoms with Crippen LogP contribution in [0.25, 0.3) is 0 Å². The summed E-state index contributed by atoms with van der Waals surface area (Å²) in [6.07, 6.45) is 0.177. The van der Waals surface area contributed by atoms with E-state index in [-0.39, 0.29) is 13.0 Å². The highest BCUT2D eigenvalue weighted by Gasteiger charge is 2.15. The van der Waals surface area contributed by atoms with Gasteiger partial charge in [-0.05, 0) is 31.0 Å². The zero-order valence-electron chi connectivity index (χ0n) is 8.94. The Kier molecular flexibility index (Phi) is 4.25. The molecule has 0 aliphatic rings. The zero-order valence-corrected chi connectivity index (χ0v) is 8.94. The molecule has 0 aliphatic carbocycles. The van der Waals surface area contributed by atoms with Gasteiger partial charge in [0.15, 0.2) is 11.6 Å². The third-order valence-electron chi connectivity index (χ3n) is 2.06. The zero-order chi connectivity index (χ0) is 12.1. The number of ether oxygens (including phenoxy) is 1. The molecule has 1 aromatic carbocycles. The summed E-state index contributed by atoms with van der Waals surface area (Å²) in [7, 11) is 0. The van der Waals surface area contributed by atoms with Crippen molar-refractivity contribution in [3.8, 4) is 5.75 Å². The first-order valence-electron chi connectivity index (χ1n) is 4.94. The van der Waals surface area contributed by atoms with Crippen LogP contribution in [0.2, 0.25) is 0 Å². The molecule has 1 atom stereocenters. The molecule has 0 heterocycles. The van der Waals surface area contributed by atoms with Gasteiger partial charge in [0.05, 0.1) is 6.61 Å². The quantitative estimate of drug-likeness (QED) is 0.751. The fourth-order valence-electron chi connectivity index (χ4n) is 1.26. The molecule has 0 fully saturated rings. The number of halogens is 1. The van der Waals surface area contributed by atoms with E-state index >= 15 is 0 Å². The number of aromatic hydroxyl groups is 1. The Labute approximate surface area is 92.8 Å². The van der Waals surface area contributed by atoms with Crippen molar-refractivity contribution in [2.45, 2.75) is 19.4 Å². The van der Waals surface area contributed by atoms with Crippen molar-refractivity contribution in [3.05, 3.63) is 29.6 Å². The molecule has 1 aromatic rings. The second-order valence-corrected chi connectivity index (χ2v) is 3.35. The first-order valence-corrected chi connectivity index (χ1v) is 4.94. The SMILES string of the molecule is CCOC(=O)C(N)Cc1ccc(O)c(F)c1. The summed E-state index contributed by atoms with van der Waals surface area (Å²) in [5.74, 6) is -1.67.